The summed E-state index contributed by atoms with van der Waals surface area (Å²) in [7, 11) is 0. The van der Waals surface area contributed by atoms with Gasteiger partial charge in [0.2, 0.25) is 5.95 Å². The number of aromatic nitrogens is 9. The first-order valence-electron chi connectivity index (χ1n) is 32.8. The van der Waals surface area contributed by atoms with E-state index in [-0.39, 0.29) is 78.2 Å². The maximum atomic E-state index is 13.8. The first kappa shape index (κ1) is 68.6. The van der Waals surface area contributed by atoms with Gasteiger partial charge in [0, 0.05) is 126 Å². The van der Waals surface area contributed by atoms with Crippen LogP contribution in [0.1, 0.15) is 145 Å². The second-order valence-electron chi connectivity index (χ2n) is 27.5. The lowest BCUT2D eigenvalue weighted by molar-refractivity contribution is 0.0461. The van der Waals surface area contributed by atoms with Gasteiger partial charge in [-0.3, -0.25) is 14.4 Å². The predicted octanol–water partition coefficient (Wildman–Crippen LogP) is 9.59. The standard InChI is InChI=1S/C25H30N6O3.C20H22N6O.C16H13FN4O.C9H18N2O2.ClH/c1-13-22(28-14-10-15(11-14)29-24(33)34-25(2,3)4)31-21-16(6-5-7-19(21)27-13)20-12-17-18(30-20)8-9-26-23(17)32;1-10-19(24-12-7-11(21)8-12)26-18-13(3-2-4-16(18)23-10)17-9-14-15(25-17)5-6-22-20(14)27;1-8-15(17)21-14-9(3-2-4-12(14)19-8)13-7-10-11(20-13)5-6-18-16(10)22;1-9(2,3)13-8(12)11-7-4-6(10)5-7;/h5-7,12,14-15,30H,8-11H2,1-4H3,(H,26,32)(H,28,31)(H,29,33);2-4,9,11-12,25H,5-8,21H2,1H3,(H,22,27)(H,24,26);2-4,7,20H,5-6H2,1H3,(H,18,22);6-7H,4-5,10H2,1-3H3,(H,11,12);1H. The quantitative estimate of drug-likeness (QED) is 0.0639. The SMILES string of the molecule is CC(C)(C)OC(=O)NC1CC(N)C1.Cc1nc2cccc(-c3cc4c([nH]3)CCNC4=O)c2nc1F.Cc1nc2cccc(-c3cc4c([nH]3)CCNC4=O)c2nc1NC1CC(N)C1.Cc1nc2cccc(-c3cc4c([nH]3)CCNC4=O)c2nc1NC1CC(NC(=O)OC(C)(C)C)C1.Cl. The Morgan fingerprint density at radius 1 is 0.474 bits per heavy atom. The molecule has 14 N–H and O–H groups in total. The van der Waals surface area contributed by atoms with E-state index in [4.69, 9.17) is 40.9 Å². The number of aromatic amines is 3. The molecule has 0 spiro atoms. The van der Waals surface area contributed by atoms with E-state index in [0.717, 1.165) is 159 Å². The van der Waals surface area contributed by atoms with E-state index in [1.54, 1.807) is 19.1 Å². The molecule has 0 saturated heterocycles. The van der Waals surface area contributed by atoms with E-state index >= 15 is 0 Å². The Morgan fingerprint density at radius 3 is 1.15 bits per heavy atom. The summed E-state index contributed by atoms with van der Waals surface area (Å²) < 4.78 is 24.2. The van der Waals surface area contributed by atoms with Gasteiger partial charge in [-0.05, 0) is 137 Å². The van der Waals surface area contributed by atoms with Crippen LogP contribution in [0.3, 0.4) is 0 Å². The Labute approximate surface area is 566 Å². The summed E-state index contributed by atoms with van der Waals surface area (Å²) in [5, 5.41) is 21.2. The number of anilines is 2. The lowest BCUT2D eigenvalue weighted by Crippen LogP contribution is -2.51. The van der Waals surface area contributed by atoms with Gasteiger partial charge in [0.05, 0.1) is 50.3 Å². The third kappa shape index (κ3) is 15.9. The van der Waals surface area contributed by atoms with E-state index in [2.05, 4.69) is 62.1 Å². The summed E-state index contributed by atoms with van der Waals surface area (Å²) in [5.41, 5.74) is 26.9. The number of nitrogens with zero attached hydrogens (tertiary/aromatic N) is 6. The Bertz CT molecular complexity index is 4480. The molecule has 0 radical (unpaired) electrons. The van der Waals surface area contributed by atoms with E-state index < -0.39 is 17.1 Å². The number of alkyl carbamates (subject to hydrolysis) is 2. The Kier molecular flexibility index (Phi) is 19.9. The number of hydrogen-bond acceptors (Lipinski definition) is 17. The molecule has 27 heteroatoms. The molecule has 3 aliphatic heterocycles. The topological polar surface area (TPSA) is 365 Å². The molecule has 97 heavy (non-hydrogen) atoms. The number of para-hydroxylation sites is 3. The molecular weight excluding hydrogens is 1260 g/mol. The molecule has 510 valence electrons. The molecule has 3 saturated carbocycles. The molecule has 0 bridgehead atoms. The third-order valence-electron chi connectivity index (χ3n) is 17.4. The van der Waals surface area contributed by atoms with Gasteiger partial charge < -0.3 is 73.1 Å². The Balaban J connectivity index is 0.000000137. The van der Waals surface area contributed by atoms with Crippen molar-refractivity contribution in [3.05, 3.63) is 130 Å². The van der Waals surface area contributed by atoms with Crippen LogP contribution in [0.15, 0.2) is 72.8 Å². The summed E-state index contributed by atoms with van der Waals surface area (Å²) in [6.45, 7) is 18.5. The number of rotatable bonds is 9. The van der Waals surface area contributed by atoms with Gasteiger partial charge in [-0.2, -0.15) is 4.39 Å². The van der Waals surface area contributed by atoms with Crippen molar-refractivity contribution in [1.82, 2.24) is 71.4 Å². The van der Waals surface area contributed by atoms with Crippen LogP contribution in [0, 0.1) is 26.7 Å². The molecule has 15 rings (SSSR count). The molecule has 0 unspecified atom stereocenters. The zero-order chi connectivity index (χ0) is 67.9. The lowest BCUT2D eigenvalue weighted by atomic mass is 9.87. The fourth-order valence-corrected chi connectivity index (χ4v) is 12.5. The molecule has 9 heterocycles. The number of nitrogens with one attached hydrogen (secondary N) is 10. The number of nitrogens with two attached hydrogens (primary N) is 2. The third-order valence-corrected chi connectivity index (χ3v) is 17.4. The fourth-order valence-electron chi connectivity index (χ4n) is 12.5. The van der Waals surface area contributed by atoms with Crippen molar-refractivity contribution < 1.29 is 37.8 Å². The van der Waals surface area contributed by atoms with Gasteiger partial charge in [-0.25, -0.2) is 39.5 Å². The number of carbonyl (C=O) groups is 5. The molecule has 25 nitrogen and oxygen atoms in total. The van der Waals surface area contributed by atoms with E-state index in [1.165, 1.54) is 0 Å². The molecule has 3 aromatic carbocycles. The molecule has 3 fully saturated rings. The fraction of sp³-hybridized carbons (Fsp3) is 0.414. The van der Waals surface area contributed by atoms with Crippen molar-refractivity contribution in [2.24, 2.45) is 11.5 Å². The average molecular weight is 1340 g/mol. The van der Waals surface area contributed by atoms with Crippen LogP contribution in [-0.4, -0.2) is 142 Å². The summed E-state index contributed by atoms with van der Waals surface area (Å²) in [4.78, 5) is 97.0. The number of benzene rings is 3. The minimum atomic E-state index is -0.575. The summed E-state index contributed by atoms with van der Waals surface area (Å²) in [6.07, 6.45) is 6.84. The summed E-state index contributed by atoms with van der Waals surface area (Å²) in [6, 6.07) is 24.3. The molecular formula is C70H84ClFN18O7. The average Bonchev–Trinajstić information content (AvgIpc) is 1.77. The van der Waals surface area contributed by atoms with Crippen molar-refractivity contribution >= 4 is 87.1 Å². The second-order valence-corrected chi connectivity index (χ2v) is 27.5. The molecule has 6 aromatic heterocycles. The van der Waals surface area contributed by atoms with Crippen molar-refractivity contribution in [2.45, 2.75) is 168 Å². The van der Waals surface area contributed by atoms with Gasteiger partial charge in [0.1, 0.15) is 39.4 Å². The Morgan fingerprint density at radius 2 is 0.804 bits per heavy atom. The summed E-state index contributed by atoms with van der Waals surface area (Å²) >= 11 is 0. The number of ether oxygens (including phenoxy) is 2. The Hall–Kier alpha value is -9.79. The maximum Gasteiger partial charge on any atom is 0.407 e. The minimum absolute atomic E-state index is 0. The molecule has 9 aromatic rings. The molecule has 0 atom stereocenters. The number of H-pyrrole nitrogens is 3. The zero-order valence-corrected chi connectivity index (χ0v) is 56.7. The summed E-state index contributed by atoms with van der Waals surface area (Å²) in [5.74, 6) is 0.805. The lowest BCUT2D eigenvalue weighted by Gasteiger charge is -2.37. The van der Waals surface area contributed by atoms with Gasteiger partial charge >= 0.3 is 12.2 Å². The zero-order valence-electron chi connectivity index (χ0n) is 55.9. The highest BCUT2D eigenvalue weighted by atomic mass is 35.5. The van der Waals surface area contributed by atoms with Crippen molar-refractivity contribution in [2.75, 3.05) is 30.3 Å². The smallest absolute Gasteiger partial charge is 0.407 e. The van der Waals surface area contributed by atoms with Crippen LogP contribution in [0.5, 0.6) is 0 Å². The minimum Gasteiger partial charge on any atom is -0.444 e. The number of halogens is 2. The monoisotopic (exact) mass is 1340 g/mol. The number of carbonyl (C=O) groups excluding carboxylic acids is 5. The van der Waals surface area contributed by atoms with Gasteiger partial charge in [-0.15, -0.1) is 12.4 Å². The van der Waals surface area contributed by atoms with E-state index in [9.17, 15) is 28.4 Å². The van der Waals surface area contributed by atoms with Crippen LogP contribution in [-0.2, 0) is 28.7 Å². The van der Waals surface area contributed by atoms with Gasteiger partial charge in [-0.1, -0.05) is 36.4 Å². The largest absolute Gasteiger partial charge is 0.444 e. The second kappa shape index (κ2) is 28.1. The van der Waals surface area contributed by atoms with Gasteiger partial charge in [0.15, 0.2) is 0 Å². The first-order valence-corrected chi connectivity index (χ1v) is 32.8. The van der Waals surface area contributed by atoms with Crippen LogP contribution < -0.4 is 48.7 Å². The highest BCUT2D eigenvalue weighted by molar-refractivity contribution is 6.02. The van der Waals surface area contributed by atoms with Crippen LogP contribution in [0.25, 0.3) is 66.9 Å². The van der Waals surface area contributed by atoms with Gasteiger partial charge in [0.25, 0.3) is 17.7 Å². The van der Waals surface area contributed by atoms with Crippen LogP contribution in [0.4, 0.5) is 25.6 Å². The van der Waals surface area contributed by atoms with Crippen LogP contribution >= 0.6 is 12.4 Å². The number of hydrogen-bond donors (Lipinski definition) is 12. The highest BCUT2D eigenvalue weighted by Gasteiger charge is 2.34. The van der Waals surface area contributed by atoms with Crippen molar-refractivity contribution in [3.63, 3.8) is 0 Å². The predicted molar refractivity (Wildman–Crippen MR) is 372 cm³/mol. The number of aryl methyl sites for hydroxylation is 3. The highest BCUT2D eigenvalue weighted by Crippen LogP contribution is 2.35. The number of fused-ring (bicyclic) bond motifs is 6. The maximum absolute atomic E-state index is 13.8. The van der Waals surface area contributed by atoms with E-state index in [1.807, 2.05) is 116 Å². The molecule has 5 amide bonds. The molecule has 3 aliphatic carbocycles. The number of amides is 5. The molecule has 6 aliphatic rings. The van der Waals surface area contributed by atoms with Crippen LogP contribution in [0.2, 0.25) is 0 Å². The first-order chi connectivity index (χ1) is 45.7. The van der Waals surface area contributed by atoms with Crippen molar-refractivity contribution in [3.8, 4) is 33.8 Å². The van der Waals surface area contributed by atoms with E-state index in [0.29, 0.717) is 47.8 Å². The normalized spacial score (nSPS) is 19.8. The van der Waals surface area contributed by atoms with Crippen molar-refractivity contribution in [1.29, 1.82) is 0 Å².